The first-order valence-electron chi connectivity index (χ1n) is 11.5. The Hall–Kier alpha value is -2.87. The molecule has 33 heavy (non-hydrogen) atoms. The van der Waals surface area contributed by atoms with Crippen LogP contribution >= 0.6 is 0 Å². The van der Waals surface area contributed by atoms with Gasteiger partial charge in [0.2, 0.25) is 5.91 Å². The summed E-state index contributed by atoms with van der Waals surface area (Å²) in [6.45, 7) is 4.50. The first-order chi connectivity index (χ1) is 15.8. The van der Waals surface area contributed by atoms with Crippen molar-refractivity contribution in [3.8, 4) is 0 Å². The average molecular weight is 457 g/mol. The number of aryl methyl sites for hydroxylation is 1. The first kappa shape index (κ1) is 23.3. The predicted octanol–water partition coefficient (Wildman–Crippen LogP) is 4.11. The molecular formula is C25H30F2N4O2. The number of nitrogens with zero attached hydrogens (tertiary/aromatic N) is 3. The molecule has 6 nitrogen and oxygen atoms in total. The lowest BCUT2D eigenvalue weighted by molar-refractivity contribution is -0.143. The quantitative estimate of drug-likeness (QED) is 0.735. The van der Waals surface area contributed by atoms with Crippen LogP contribution in [0.5, 0.6) is 0 Å². The summed E-state index contributed by atoms with van der Waals surface area (Å²) >= 11 is 0. The number of hydrogen-bond donors (Lipinski definition) is 1. The minimum atomic E-state index is -2.63. The summed E-state index contributed by atoms with van der Waals surface area (Å²) in [6, 6.07) is 9.56. The second-order valence-electron chi connectivity index (χ2n) is 9.14. The van der Waals surface area contributed by atoms with Gasteiger partial charge in [-0.1, -0.05) is 12.1 Å². The second kappa shape index (κ2) is 9.95. The lowest BCUT2D eigenvalue weighted by atomic mass is 9.93. The van der Waals surface area contributed by atoms with Gasteiger partial charge in [0, 0.05) is 56.5 Å². The molecule has 3 heterocycles. The Balaban J connectivity index is 1.27. The van der Waals surface area contributed by atoms with Crippen molar-refractivity contribution in [2.45, 2.75) is 45.1 Å². The van der Waals surface area contributed by atoms with Crippen molar-refractivity contribution < 1.29 is 18.4 Å². The molecule has 2 aromatic rings. The maximum atomic E-state index is 13.4. The number of anilines is 1. The third kappa shape index (κ3) is 6.13. The van der Waals surface area contributed by atoms with Gasteiger partial charge >= 0.3 is 0 Å². The van der Waals surface area contributed by atoms with Crippen molar-refractivity contribution in [2.75, 3.05) is 31.5 Å². The smallest absolute Gasteiger partial charge is 0.257 e. The SMILES string of the molecule is Cc1cncc(C(=O)Nc2cccc(CN3CCC(C(=O)N4CCC(F)(F)CC4)CC3)c2)c1. The van der Waals surface area contributed by atoms with Crippen LogP contribution in [-0.2, 0) is 11.3 Å². The molecule has 0 spiro atoms. The van der Waals surface area contributed by atoms with Gasteiger partial charge in [0.1, 0.15) is 0 Å². The van der Waals surface area contributed by atoms with Crippen LogP contribution in [0.25, 0.3) is 0 Å². The fraction of sp³-hybridized carbons (Fsp3) is 0.480. The average Bonchev–Trinajstić information content (AvgIpc) is 2.79. The molecule has 0 aliphatic carbocycles. The van der Waals surface area contributed by atoms with E-state index in [1.165, 1.54) is 0 Å². The van der Waals surface area contributed by atoms with E-state index >= 15 is 0 Å². The molecule has 176 valence electrons. The van der Waals surface area contributed by atoms with Crippen LogP contribution < -0.4 is 5.32 Å². The van der Waals surface area contributed by atoms with Crippen LogP contribution in [-0.4, -0.2) is 58.7 Å². The van der Waals surface area contributed by atoms with E-state index in [0.29, 0.717) is 5.56 Å². The molecule has 1 aromatic heterocycles. The molecule has 0 unspecified atom stereocenters. The summed E-state index contributed by atoms with van der Waals surface area (Å²) in [7, 11) is 0. The van der Waals surface area contributed by atoms with Crippen LogP contribution in [0.4, 0.5) is 14.5 Å². The van der Waals surface area contributed by atoms with E-state index in [-0.39, 0.29) is 43.7 Å². The number of alkyl halides is 2. The highest BCUT2D eigenvalue weighted by Crippen LogP contribution is 2.30. The molecule has 2 saturated heterocycles. The Bertz CT molecular complexity index is 995. The van der Waals surface area contributed by atoms with E-state index < -0.39 is 5.92 Å². The molecule has 2 fully saturated rings. The molecule has 2 amide bonds. The molecule has 4 rings (SSSR count). The Morgan fingerprint density at radius 1 is 1.09 bits per heavy atom. The number of amides is 2. The molecule has 1 N–H and O–H groups in total. The van der Waals surface area contributed by atoms with E-state index in [1.807, 2.05) is 31.2 Å². The predicted molar refractivity (Wildman–Crippen MR) is 122 cm³/mol. The molecule has 0 radical (unpaired) electrons. The Labute approximate surface area is 193 Å². The molecule has 2 aliphatic heterocycles. The lowest BCUT2D eigenvalue weighted by Gasteiger charge is -2.37. The Morgan fingerprint density at radius 2 is 1.82 bits per heavy atom. The topological polar surface area (TPSA) is 65.5 Å². The first-order valence-corrected chi connectivity index (χ1v) is 11.5. The van der Waals surface area contributed by atoms with Gasteiger partial charge in [0.15, 0.2) is 0 Å². The zero-order valence-electron chi connectivity index (χ0n) is 18.9. The summed E-state index contributed by atoms with van der Waals surface area (Å²) in [4.78, 5) is 33.2. The number of piperidine rings is 2. The zero-order chi connectivity index (χ0) is 23.4. The molecule has 0 bridgehead atoms. The normalized spacial score (nSPS) is 19.3. The van der Waals surface area contributed by atoms with Crippen LogP contribution in [0.15, 0.2) is 42.7 Å². The van der Waals surface area contributed by atoms with Gasteiger partial charge in [-0.15, -0.1) is 0 Å². The number of benzene rings is 1. The van der Waals surface area contributed by atoms with E-state index in [9.17, 15) is 18.4 Å². The molecule has 0 atom stereocenters. The van der Waals surface area contributed by atoms with Crippen molar-refractivity contribution in [3.05, 3.63) is 59.4 Å². The summed E-state index contributed by atoms with van der Waals surface area (Å²) in [5.41, 5.74) is 3.25. The van der Waals surface area contributed by atoms with Gasteiger partial charge < -0.3 is 10.2 Å². The second-order valence-corrected chi connectivity index (χ2v) is 9.14. The summed E-state index contributed by atoms with van der Waals surface area (Å²) in [5, 5.41) is 2.93. The molecule has 8 heteroatoms. The van der Waals surface area contributed by atoms with Crippen molar-refractivity contribution in [1.29, 1.82) is 0 Å². The number of carbonyl (C=O) groups is 2. The van der Waals surface area contributed by atoms with E-state index in [4.69, 9.17) is 0 Å². The summed E-state index contributed by atoms with van der Waals surface area (Å²) in [6.07, 6.45) is 4.27. The summed E-state index contributed by atoms with van der Waals surface area (Å²) in [5.74, 6) is -2.88. The van der Waals surface area contributed by atoms with Gasteiger partial charge in [-0.05, 0) is 62.2 Å². The van der Waals surface area contributed by atoms with Gasteiger partial charge in [-0.2, -0.15) is 0 Å². The van der Waals surface area contributed by atoms with Crippen LogP contribution in [0, 0.1) is 12.8 Å². The Kier molecular flexibility index (Phi) is 7.02. The third-order valence-electron chi connectivity index (χ3n) is 6.47. The third-order valence-corrected chi connectivity index (χ3v) is 6.47. The number of likely N-dealkylation sites (tertiary alicyclic amines) is 2. The number of nitrogens with one attached hydrogen (secondary N) is 1. The highest BCUT2D eigenvalue weighted by molar-refractivity contribution is 6.04. The van der Waals surface area contributed by atoms with Gasteiger partial charge in [0.25, 0.3) is 11.8 Å². The highest BCUT2D eigenvalue weighted by atomic mass is 19.3. The fourth-order valence-electron chi connectivity index (χ4n) is 4.54. The number of rotatable bonds is 5. The number of aromatic nitrogens is 1. The monoisotopic (exact) mass is 456 g/mol. The minimum Gasteiger partial charge on any atom is -0.342 e. The van der Waals surface area contributed by atoms with Crippen LogP contribution in [0.1, 0.15) is 47.2 Å². The maximum Gasteiger partial charge on any atom is 0.257 e. The van der Waals surface area contributed by atoms with Crippen LogP contribution in [0.3, 0.4) is 0 Å². The Morgan fingerprint density at radius 3 is 2.52 bits per heavy atom. The standard InChI is InChI=1S/C25H30F2N4O2/c1-18-13-21(16-28-15-18)23(32)29-22-4-2-3-19(14-22)17-30-9-5-20(6-10-30)24(33)31-11-7-25(26,27)8-12-31/h2-4,13-16,20H,5-12,17H2,1H3,(H,29,32). The number of hydrogen-bond acceptors (Lipinski definition) is 4. The summed E-state index contributed by atoms with van der Waals surface area (Å²) < 4.78 is 26.7. The largest absolute Gasteiger partial charge is 0.342 e. The zero-order valence-corrected chi connectivity index (χ0v) is 18.9. The molecule has 2 aliphatic rings. The number of pyridine rings is 1. The van der Waals surface area contributed by atoms with Crippen molar-refractivity contribution in [1.82, 2.24) is 14.8 Å². The highest BCUT2D eigenvalue weighted by Gasteiger charge is 2.37. The maximum absolute atomic E-state index is 13.4. The van der Waals surface area contributed by atoms with Crippen molar-refractivity contribution in [2.24, 2.45) is 5.92 Å². The number of halogens is 2. The molecular weight excluding hydrogens is 426 g/mol. The minimum absolute atomic E-state index is 0.0282. The lowest BCUT2D eigenvalue weighted by Crippen LogP contribution is -2.47. The molecule has 0 saturated carbocycles. The van der Waals surface area contributed by atoms with E-state index in [2.05, 4.69) is 15.2 Å². The van der Waals surface area contributed by atoms with Crippen molar-refractivity contribution >= 4 is 17.5 Å². The van der Waals surface area contributed by atoms with E-state index in [1.54, 1.807) is 23.4 Å². The molecule has 1 aromatic carbocycles. The number of carbonyl (C=O) groups excluding carboxylic acids is 2. The van der Waals surface area contributed by atoms with Crippen LogP contribution in [0.2, 0.25) is 0 Å². The fourth-order valence-corrected chi connectivity index (χ4v) is 4.54. The van der Waals surface area contributed by atoms with Crippen molar-refractivity contribution in [3.63, 3.8) is 0 Å². The van der Waals surface area contributed by atoms with Gasteiger partial charge in [-0.3, -0.25) is 19.5 Å². The van der Waals surface area contributed by atoms with Gasteiger partial charge in [0.05, 0.1) is 5.56 Å². The van der Waals surface area contributed by atoms with E-state index in [0.717, 1.165) is 49.3 Å². The van der Waals surface area contributed by atoms with Gasteiger partial charge in [-0.25, -0.2) is 8.78 Å².